The fourth-order valence-electron chi connectivity index (χ4n) is 1.84. The summed E-state index contributed by atoms with van der Waals surface area (Å²) in [5.41, 5.74) is 2.25. The van der Waals surface area contributed by atoms with Crippen LogP contribution in [0.1, 0.15) is 32.1 Å². The van der Waals surface area contributed by atoms with Crippen molar-refractivity contribution in [2.75, 3.05) is 0 Å². The lowest BCUT2D eigenvalue weighted by molar-refractivity contribution is 0.375. The first-order chi connectivity index (χ1) is 8.39. The van der Waals surface area contributed by atoms with Gasteiger partial charge in [-0.25, -0.2) is 4.79 Å². The Labute approximate surface area is 107 Å². The second-order valence-electron chi connectivity index (χ2n) is 5.55. The Morgan fingerprint density at radius 2 is 1.67 bits per heavy atom. The molecule has 0 N–H and O–H groups in total. The van der Waals surface area contributed by atoms with Crippen LogP contribution in [-0.2, 0) is 5.41 Å². The second kappa shape index (κ2) is 4.45. The Hall–Kier alpha value is -1.83. The predicted octanol–water partition coefficient (Wildman–Crippen LogP) is 3.91. The van der Waals surface area contributed by atoms with E-state index in [2.05, 4.69) is 0 Å². The van der Waals surface area contributed by atoms with Crippen LogP contribution in [0.25, 0.3) is 11.1 Å². The molecule has 0 unspecified atom stereocenters. The first-order valence-electron chi connectivity index (χ1n) is 6.10. The Kier molecular flexibility index (Phi) is 3.12. The van der Waals surface area contributed by atoms with E-state index < -0.39 is 0 Å². The number of benzene rings is 1. The molecule has 2 heteroatoms. The van der Waals surface area contributed by atoms with E-state index in [4.69, 9.17) is 4.42 Å². The summed E-state index contributed by atoms with van der Waals surface area (Å²) in [6.07, 6.45) is 0. The predicted molar refractivity (Wildman–Crippen MR) is 73.9 cm³/mol. The van der Waals surface area contributed by atoms with Crippen LogP contribution in [0, 0.1) is 6.92 Å². The molecule has 0 aliphatic heterocycles. The molecule has 1 aromatic carbocycles. The standard InChI is InChI=1S/C16H18O2/c1-11-13(12-8-6-5-7-9-12)10-14(16(2,3)4)18-15(11)17/h5-10H,1-4H3. The van der Waals surface area contributed by atoms with Gasteiger partial charge in [-0.1, -0.05) is 51.1 Å². The number of hydrogen-bond donors (Lipinski definition) is 0. The van der Waals surface area contributed by atoms with Crippen molar-refractivity contribution in [2.24, 2.45) is 0 Å². The van der Waals surface area contributed by atoms with Crippen LogP contribution in [0.5, 0.6) is 0 Å². The summed E-state index contributed by atoms with van der Waals surface area (Å²) >= 11 is 0. The lowest BCUT2D eigenvalue weighted by Crippen LogP contribution is -2.16. The quantitative estimate of drug-likeness (QED) is 0.758. The normalized spacial score (nSPS) is 11.6. The van der Waals surface area contributed by atoms with Crippen LogP contribution in [0.4, 0.5) is 0 Å². The Balaban J connectivity index is 2.68. The summed E-state index contributed by atoms with van der Waals surface area (Å²) in [4.78, 5) is 11.9. The van der Waals surface area contributed by atoms with Crippen molar-refractivity contribution in [3.63, 3.8) is 0 Å². The van der Waals surface area contributed by atoms with Crippen LogP contribution in [0.3, 0.4) is 0 Å². The van der Waals surface area contributed by atoms with E-state index in [1.54, 1.807) is 6.92 Å². The molecule has 2 nitrogen and oxygen atoms in total. The molecule has 2 aromatic rings. The number of hydrogen-bond acceptors (Lipinski definition) is 2. The first-order valence-corrected chi connectivity index (χ1v) is 6.10. The summed E-state index contributed by atoms with van der Waals surface area (Å²) in [7, 11) is 0. The van der Waals surface area contributed by atoms with Gasteiger partial charge in [-0.15, -0.1) is 0 Å². The Morgan fingerprint density at radius 1 is 1.06 bits per heavy atom. The van der Waals surface area contributed by atoms with Gasteiger partial charge >= 0.3 is 5.63 Å². The van der Waals surface area contributed by atoms with Crippen molar-refractivity contribution < 1.29 is 4.42 Å². The molecule has 0 atom stereocenters. The smallest absolute Gasteiger partial charge is 0.339 e. The van der Waals surface area contributed by atoms with Gasteiger partial charge in [0.2, 0.25) is 0 Å². The van der Waals surface area contributed by atoms with Gasteiger partial charge in [-0.3, -0.25) is 0 Å². The molecule has 0 saturated carbocycles. The monoisotopic (exact) mass is 242 g/mol. The zero-order valence-corrected chi connectivity index (χ0v) is 11.3. The molecule has 18 heavy (non-hydrogen) atoms. The molecular weight excluding hydrogens is 224 g/mol. The van der Waals surface area contributed by atoms with Crippen molar-refractivity contribution in [1.29, 1.82) is 0 Å². The molecule has 0 spiro atoms. The Morgan fingerprint density at radius 3 is 2.22 bits per heavy atom. The molecule has 0 amide bonds. The van der Waals surface area contributed by atoms with Crippen molar-refractivity contribution in [1.82, 2.24) is 0 Å². The molecule has 1 heterocycles. The molecule has 0 saturated heterocycles. The van der Waals surface area contributed by atoms with Crippen molar-refractivity contribution in [3.8, 4) is 11.1 Å². The maximum absolute atomic E-state index is 11.9. The summed E-state index contributed by atoms with van der Waals surface area (Å²) in [5, 5.41) is 0. The Bertz CT molecular complexity index is 601. The van der Waals surface area contributed by atoms with Crippen molar-refractivity contribution in [2.45, 2.75) is 33.1 Å². The van der Waals surface area contributed by atoms with Crippen LogP contribution < -0.4 is 5.63 Å². The lowest BCUT2D eigenvalue weighted by Gasteiger charge is -2.18. The molecule has 1 aromatic heterocycles. The minimum atomic E-state index is -0.249. The van der Waals surface area contributed by atoms with Crippen LogP contribution >= 0.6 is 0 Å². The molecule has 0 aliphatic carbocycles. The summed E-state index contributed by atoms with van der Waals surface area (Å²) in [5.74, 6) is 0.719. The average molecular weight is 242 g/mol. The van der Waals surface area contributed by atoms with Crippen molar-refractivity contribution >= 4 is 0 Å². The fraction of sp³-hybridized carbons (Fsp3) is 0.312. The third-order valence-corrected chi connectivity index (χ3v) is 3.01. The molecule has 2 rings (SSSR count). The fourth-order valence-corrected chi connectivity index (χ4v) is 1.84. The van der Waals surface area contributed by atoms with E-state index in [0.29, 0.717) is 5.56 Å². The maximum Gasteiger partial charge on any atom is 0.339 e. The van der Waals surface area contributed by atoms with Gasteiger partial charge in [0.25, 0.3) is 0 Å². The zero-order chi connectivity index (χ0) is 13.3. The first kappa shape index (κ1) is 12.6. The van der Waals surface area contributed by atoms with Crippen molar-refractivity contribution in [3.05, 3.63) is 58.1 Å². The SMILES string of the molecule is Cc1c(-c2ccccc2)cc(C(C)(C)C)oc1=O. The van der Waals surface area contributed by atoms with Gasteiger partial charge in [0.1, 0.15) is 5.76 Å². The summed E-state index contributed by atoms with van der Waals surface area (Å²) < 4.78 is 5.38. The molecule has 0 radical (unpaired) electrons. The van der Waals surface area contributed by atoms with E-state index in [-0.39, 0.29) is 11.0 Å². The van der Waals surface area contributed by atoms with Gasteiger partial charge in [0.15, 0.2) is 0 Å². The van der Waals surface area contributed by atoms with E-state index in [9.17, 15) is 4.79 Å². The molecule has 0 aliphatic rings. The average Bonchev–Trinajstić information content (AvgIpc) is 2.32. The van der Waals surface area contributed by atoms with Gasteiger partial charge < -0.3 is 4.42 Å². The maximum atomic E-state index is 11.9. The minimum Gasteiger partial charge on any atom is -0.427 e. The number of rotatable bonds is 1. The highest BCUT2D eigenvalue weighted by atomic mass is 16.4. The molecule has 94 valence electrons. The van der Waals surface area contributed by atoms with E-state index in [1.807, 2.05) is 57.2 Å². The molecular formula is C16H18O2. The highest BCUT2D eigenvalue weighted by molar-refractivity contribution is 5.66. The van der Waals surface area contributed by atoms with E-state index in [0.717, 1.165) is 16.9 Å². The van der Waals surface area contributed by atoms with Gasteiger partial charge in [0, 0.05) is 11.0 Å². The van der Waals surface area contributed by atoms with Crippen LogP contribution in [0.15, 0.2) is 45.6 Å². The van der Waals surface area contributed by atoms with Crippen LogP contribution in [0.2, 0.25) is 0 Å². The molecule has 0 bridgehead atoms. The van der Waals surface area contributed by atoms with Crippen LogP contribution in [-0.4, -0.2) is 0 Å². The molecule has 0 fully saturated rings. The summed E-state index contributed by atoms with van der Waals surface area (Å²) in [6.45, 7) is 7.92. The third kappa shape index (κ3) is 2.37. The van der Waals surface area contributed by atoms with E-state index >= 15 is 0 Å². The topological polar surface area (TPSA) is 30.2 Å². The largest absolute Gasteiger partial charge is 0.427 e. The lowest BCUT2D eigenvalue weighted by atomic mass is 9.90. The minimum absolute atomic E-state index is 0.170. The van der Waals surface area contributed by atoms with E-state index in [1.165, 1.54) is 0 Å². The third-order valence-electron chi connectivity index (χ3n) is 3.01. The van der Waals surface area contributed by atoms with Gasteiger partial charge in [-0.2, -0.15) is 0 Å². The van der Waals surface area contributed by atoms with Gasteiger partial charge in [-0.05, 0) is 24.1 Å². The highest BCUT2D eigenvalue weighted by Crippen LogP contribution is 2.28. The zero-order valence-electron chi connectivity index (χ0n) is 11.3. The second-order valence-corrected chi connectivity index (χ2v) is 5.55. The summed E-state index contributed by atoms with van der Waals surface area (Å²) in [6, 6.07) is 11.9. The highest BCUT2D eigenvalue weighted by Gasteiger charge is 2.20. The van der Waals surface area contributed by atoms with Gasteiger partial charge in [0.05, 0.1) is 0 Å².